The topological polar surface area (TPSA) is 135 Å². The summed E-state index contributed by atoms with van der Waals surface area (Å²) in [4.78, 5) is 34.8. The molecule has 4 aromatic carbocycles. The third kappa shape index (κ3) is 5.41. The quantitative estimate of drug-likeness (QED) is 0.283. The summed E-state index contributed by atoms with van der Waals surface area (Å²) in [7, 11) is 0. The van der Waals surface area contributed by atoms with E-state index in [0.717, 1.165) is 11.1 Å². The average molecular weight is 571 g/mol. The van der Waals surface area contributed by atoms with Crippen molar-refractivity contribution >= 4 is 34.2 Å². The Kier molecular flexibility index (Phi) is 7.09. The monoisotopic (exact) mass is 570 g/mol. The van der Waals surface area contributed by atoms with Gasteiger partial charge >= 0.3 is 0 Å². The molecule has 43 heavy (non-hydrogen) atoms. The maximum atomic E-state index is 13.0. The van der Waals surface area contributed by atoms with Crippen molar-refractivity contribution in [1.29, 1.82) is 0 Å². The minimum absolute atomic E-state index is 0.00952. The fourth-order valence-electron chi connectivity index (χ4n) is 4.85. The van der Waals surface area contributed by atoms with Gasteiger partial charge in [-0.25, -0.2) is 9.97 Å². The molecule has 0 saturated carbocycles. The van der Waals surface area contributed by atoms with E-state index in [9.17, 15) is 19.8 Å². The molecular formula is C33H26N6O4. The summed E-state index contributed by atoms with van der Waals surface area (Å²) in [6.07, 6.45) is 3.32. The van der Waals surface area contributed by atoms with Gasteiger partial charge in [-0.05, 0) is 79.9 Å². The van der Waals surface area contributed by atoms with Gasteiger partial charge in [-0.15, -0.1) is 0 Å². The predicted molar refractivity (Wildman–Crippen MR) is 166 cm³/mol. The second kappa shape index (κ2) is 11.2. The van der Waals surface area contributed by atoms with Crippen LogP contribution in [0.5, 0.6) is 11.5 Å². The zero-order valence-electron chi connectivity index (χ0n) is 23.3. The Morgan fingerprint density at radius 1 is 0.651 bits per heavy atom. The molecule has 2 heterocycles. The van der Waals surface area contributed by atoms with E-state index in [1.807, 2.05) is 12.1 Å². The molecule has 0 spiro atoms. The number of hydrogen-bond donors (Lipinski definition) is 2. The Hall–Kier alpha value is -5.90. The number of rotatable bonds is 6. The molecule has 0 aliphatic rings. The van der Waals surface area contributed by atoms with Gasteiger partial charge in [-0.2, -0.15) is 19.6 Å². The van der Waals surface area contributed by atoms with Gasteiger partial charge in [0.25, 0.3) is 11.1 Å². The summed E-state index contributed by atoms with van der Waals surface area (Å²) >= 11 is 0. The summed E-state index contributed by atoms with van der Waals surface area (Å²) in [6.45, 7) is 3.39. The van der Waals surface area contributed by atoms with Gasteiger partial charge in [-0.3, -0.25) is 9.59 Å². The van der Waals surface area contributed by atoms with Gasteiger partial charge in [0.15, 0.2) is 0 Å². The Balaban J connectivity index is 1.27. The Morgan fingerprint density at radius 3 is 1.51 bits per heavy atom. The summed E-state index contributed by atoms with van der Waals surface area (Å²) in [5.74, 6) is 0.863. The van der Waals surface area contributed by atoms with Crippen LogP contribution in [-0.2, 0) is 6.42 Å². The molecule has 0 amide bonds. The molecule has 0 bridgehead atoms. The van der Waals surface area contributed by atoms with Crippen molar-refractivity contribution in [2.24, 2.45) is 10.2 Å². The Morgan fingerprint density at radius 2 is 1.07 bits per heavy atom. The number of aromatic nitrogens is 4. The van der Waals surface area contributed by atoms with Gasteiger partial charge in [0, 0.05) is 11.1 Å². The molecule has 6 aromatic rings. The van der Waals surface area contributed by atoms with Gasteiger partial charge in [0.2, 0.25) is 0 Å². The molecule has 0 aliphatic heterocycles. The van der Waals surface area contributed by atoms with Crippen LogP contribution in [-0.4, -0.2) is 42.0 Å². The zero-order valence-corrected chi connectivity index (χ0v) is 23.3. The van der Waals surface area contributed by atoms with Crippen LogP contribution in [0.3, 0.4) is 0 Å². The van der Waals surface area contributed by atoms with Crippen LogP contribution in [0.25, 0.3) is 21.8 Å². The number of phenols is 2. The van der Waals surface area contributed by atoms with E-state index >= 15 is 0 Å². The largest absolute Gasteiger partial charge is 0.507 e. The number of aryl methyl sites for hydroxylation is 2. The van der Waals surface area contributed by atoms with Crippen LogP contribution in [0.1, 0.15) is 33.9 Å². The first-order valence-electron chi connectivity index (χ1n) is 13.5. The van der Waals surface area contributed by atoms with Crippen LogP contribution in [0.4, 0.5) is 0 Å². The third-order valence-corrected chi connectivity index (χ3v) is 7.05. The smallest absolute Gasteiger partial charge is 0.282 e. The molecule has 10 nitrogen and oxygen atoms in total. The van der Waals surface area contributed by atoms with Gasteiger partial charge < -0.3 is 10.2 Å². The lowest BCUT2D eigenvalue weighted by Gasteiger charge is -2.08. The van der Waals surface area contributed by atoms with Crippen molar-refractivity contribution in [2.45, 2.75) is 20.3 Å². The average Bonchev–Trinajstić information content (AvgIpc) is 3.00. The van der Waals surface area contributed by atoms with Crippen LogP contribution >= 0.6 is 0 Å². The maximum Gasteiger partial charge on any atom is 0.282 e. The fraction of sp³-hybridized carbons (Fsp3) is 0.0909. The highest BCUT2D eigenvalue weighted by Gasteiger charge is 2.10. The minimum atomic E-state index is -0.301. The first kappa shape index (κ1) is 27.3. The second-order valence-electron chi connectivity index (χ2n) is 10.0. The zero-order chi connectivity index (χ0) is 30.1. The Bertz CT molecular complexity index is 2060. The highest BCUT2D eigenvalue weighted by Crippen LogP contribution is 2.22. The summed E-state index contributed by atoms with van der Waals surface area (Å²) in [6, 6.07) is 24.4. The number of benzene rings is 4. The number of nitrogens with zero attached hydrogens (tertiary/aromatic N) is 6. The van der Waals surface area contributed by atoms with E-state index in [1.165, 1.54) is 21.8 Å². The van der Waals surface area contributed by atoms with Crippen LogP contribution < -0.4 is 11.1 Å². The first-order valence-corrected chi connectivity index (χ1v) is 13.5. The van der Waals surface area contributed by atoms with Crippen molar-refractivity contribution in [3.63, 3.8) is 0 Å². The number of aromatic hydroxyl groups is 2. The van der Waals surface area contributed by atoms with Crippen molar-refractivity contribution in [3.05, 3.63) is 140 Å². The highest BCUT2D eigenvalue weighted by atomic mass is 16.3. The molecule has 2 aromatic heterocycles. The van der Waals surface area contributed by atoms with Crippen molar-refractivity contribution in [3.8, 4) is 11.5 Å². The maximum absolute atomic E-state index is 13.0. The molecule has 0 unspecified atom stereocenters. The van der Waals surface area contributed by atoms with E-state index in [0.29, 0.717) is 51.0 Å². The first-order chi connectivity index (χ1) is 20.8. The molecular weight excluding hydrogens is 544 g/mol. The van der Waals surface area contributed by atoms with E-state index in [2.05, 4.69) is 20.2 Å². The number of hydrogen-bond acceptors (Lipinski definition) is 8. The molecule has 0 atom stereocenters. The van der Waals surface area contributed by atoms with E-state index < -0.39 is 0 Å². The summed E-state index contributed by atoms with van der Waals surface area (Å²) in [5, 5.41) is 30.5. The summed E-state index contributed by atoms with van der Waals surface area (Å²) in [5.41, 5.74) is 3.16. The van der Waals surface area contributed by atoms with Gasteiger partial charge in [0.05, 0.1) is 34.2 Å². The SMILES string of the molecule is Cc1nc2ccccc2c(=O)n1N=Cc1cc(Cc2ccc(O)c(C=Nn3c(C)nc4ccccc4c3=O)c2)ccc1O. The molecule has 0 fully saturated rings. The second-order valence-corrected chi connectivity index (χ2v) is 10.0. The third-order valence-electron chi connectivity index (χ3n) is 7.05. The molecule has 6 rings (SSSR count). The molecule has 10 heteroatoms. The fourth-order valence-corrected chi connectivity index (χ4v) is 4.85. The highest BCUT2D eigenvalue weighted by molar-refractivity contribution is 5.85. The van der Waals surface area contributed by atoms with Crippen molar-refractivity contribution in [1.82, 2.24) is 19.3 Å². The molecule has 212 valence electrons. The lowest BCUT2D eigenvalue weighted by Crippen LogP contribution is -2.20. The Labute approximate surface area is 245 Å². The lowest BCUT2D eigenvalue weighted by atomic mass is 10.0. The van der Waals surface area contributed by atoms with Gasteiger partial charge in [0.1, 0.15) is 23.1 Å². The van der Waals surface area contributed by atoms with E-state index in [4.69, 9.17) is 0 Å². The molecule has 2 N–H and O–H groups in total. The van der Waals surface area contributed by atoms with E-state index in [1.54, 1.807) is 86.6 Å². The van der Waals surface area contributed by atoms with Crippen molar-refractivity contribution in [2.75, 3.05) is 0 Å². The number of phenolic OH excluding ortho intramolecular Hbond substituents is 2. The molecule has 0 radical (unpaired) electrons. The van der Waals surface area contributed by atoms with Gasteiger partial charge in [-0.1, -0.05) is 36.4 Å². The predicted octanol–water partition coefficient (Wildman–Crippen LogP) is 4.49. The molecule has 0 saturated heterocycles. The van der Waals surface area contributed by atoms with Crippen LogP contribution in [0.2, 0.25) is 0 Å². The standard InChI is InChI=1S/C33H26N6O4/c1-20-36-28-9-5-3-7-26(28)32(42)38(20)34-18-24-16-22(11-13-30(24)40)15-23-12-14-31(41)25(17-23)19-35-39-21(2)37-29-10-6-4-8-27(29)33(39)43/h3-14,16-19,40-41H,15H2,1-2H3. The normalized spacial score (nSPS) is 11.8. The minimum Gasteiger partial charge on any atom is -0.507 e. The summed E-state index contributed by atoms with van der Waals surface area (Å²) < 4.78 is 2.41. The lowest BCUT2D eigenvalue weighted by molar-refractivity contribution is 0.474. The molecule has 0 aliphatic carbocycles. The van der Waals surface area contributed by atoms with Crippen LogP contribution in [0.15, 0.2) is 105 Å². The van der Waals surface area contributed by atoms with Crippen LogP contribution in [0, 0.1) is 13.8 Å². The number of fused-ring (bicyclic) bond motifs is 2. The van der Waals surface area contributed by atoms with Crippen molar-refractivity contribution < 1.29 is 10.2 Å². The number of para-hydroxylation sites is 2. The van der Waals surface area contributed by atoms with E-state index in [-0.39, 0.29) is 22.6 Å².